The Hall–Kier alpha value is -1.48. The predicted molar refractivity (Wildman–Crippen MR) is 87.4 cm³/mol. The second-order valence-corrected chi connectivity index (χ2v) is 9.35. The number of hydrogen-bond acceptors (Lipinski definition) is 4. The molecular formula is C15H19ClF3NO4S. The maximum atomic E-state index is 13.3. The lowest BCUT2D eigenvalue weighted by molar-refractivity contribution is 0.0520. The largest absolute Gasteiger partial charge is 0.444 e. The number of hydrogen-bond donors (Lipinski definition) is 1. The SMILES string of the molecule is CC(C)(C)OC(=O)NCC(Cc1cc(F)c(F)c(F)c1)CS(=O)(=O)Cl. The molecule has 1 aromatic rings. The third-order valence-corrected chi connectivity index (χ3v) is 4.18. The summed E-state index contributed by atoms with van der Waals surface area (Å²) in [6, 6.07) is 1.53. The molecule has 0 radical (unpaired) electrons. The molecule has 0 bridgehead atoms. The van der Waals surface area contributed by atoms with Crippen LogP contribution in [0, 0.1) is 23.4 Å². The Kier molecular flexibility index (Phi) is 7.13. The van der Waals surface area contributed by atoms with Crippen molar-refractivity contribution < 1.29 is 31.1 Å². The molecule has 5 nitrogen and oxygen atoms in total. The summed E-state index contributed by atoms with van der Waals surface area (Å²) in [7, 11) is 1.29. The van der Waals surface area contributed by atoms with E-state index in [1.165, 1.54) is 0 Å². The van der Waals surface area contributed by atoms with Crippen molar-refractivity contribution in [2.24, 2.45) is 5.92 Å². The van der Waals surface area contributed by atoms with Gasteiger partial charge >= 0.3 is 6.09 Å². The molecule has 0 saturated heterocycles. The van der Waals surface area contributed by atoms with E-state index >= 15 is 0 Å². The summed E-state index contributed by atoms with van der Waals surface area (Å²) >= 11 is 0. The highest BCUT2D eigenvalue weighted by Crippen LogP contribution is 2.18. The van der Waals surface area contributed by atoms with Gasteiger partial charge in [0.05, 0.1) is 5.75 Å². The molecule has 0 spiro atoms. The first kappa shape index (κ1) is 21.6. The molecule has 0 aliphatic rings. The lowest BCUT2D eigenvalue weighted by Gasteiger charge is -2.21. The summed E-state index contributed by atoms with van der Waals surface area (Å²) in [6.07, 6.45) is -0.920. The van der Waals surface area contributed by atoms with E-state index in [0.29, 0.717) is 0 Å². The van der Waals surface area contributed by atoms with Crippen molar-refractivity contribution in [2.45, 2.75) is 32.8 Å². The highest BCUT2D eigenvalue weighted by atomic mass is 35.7. The van der Waals surface area contributed by atoms with E-state index in [1.54, 1.807) is 20.8 Å². The Morgan fingerprint density at radius 2 is 1.76 bits per heavy atom. The lowest BCUT2D eigenvalue weighted by Crippen LogP contribution is -2.37. The van der Waals surface area contributed by atoms with Gasteiger partial charge in [0.2, 0.25) is 9.05 Å². The first-order valence-electron chi connectivity index (χ1n) is 7.29. The molecule has 142 valence electrons. The van der Waals surface area contributed by atoms with Gasteiger partial charge in [-0.2, -0.15) is 0 Å². The Labute approximate surface area is 148 Å². The minimum absolute atomic E-state index is 0.0349. The van der Waals surface area contributed by atoms with Crippen LogP contribution in [0.4, 0.5) is 18.0 Å². The number of ether oxygens (including phenoxy) is 1. The first-order chi connectivity index (χ1) is 11.3. The van der Waals surface area contributed by atoms with Gasteiger partial charge < -0.3 is 10.1 Å². The van der Waals surface area contributed by atoms with Crippen LogP contribution in [0.3, 0.4) is 0 Å². The molecule has 1 N–H and O–H groups in total. The van der Waals surface area contributed by atoms with Crippen molar-refractivity contribution in [3.05, 3.63) is 35.1 Å². The number of amides is 1. The molecule has 1 unspecified atom stereocenters. The zero-order valence-electron chi connectivity index (χ0n) is 13.9. The van der Waals surface area contributed by atoms with Crippen molar-refractivity contribution in [3.63, 3.8) is 0 Å². The van der Waals surface area contributed by atoms with Crippen molar-refractivity contribution in [3.8, 4) is 0 Å². The number of carbonyl (C=O) groups excluding carboxylic acids is 1. The van der Waals surface area contributed by atoms with E-state index in [9.17, 15) is 26.4 Å². The fraction of sp³-hybridized carbons (Fsp3) is 0.533. The van der Waals surface area contributed by atoms with Gasteiger partial charge in [-0.3, -0.25) is 0 Å². The van der Waals surface area contributed by atoms with Crippen LogP contribution in [0.1, 0.15) is 26.3 Å². The maximum absolute atomic E-state index is 13.3. The van der Waals surface area contributed by atoms with E-state index in [2.05, 4.69) is 5.32 Å². The normalized spacial score (nSPS) is 13.4. The van der Waals surface area contributed by atoms with E-state index in [0.717, 1.165) is 12.1 Å². The highest BCUT2D eigenvalue weighted by Gasteiger charge is 2.22. The Balaban J connectivity index is 2.85. The molecule has 0 aromatic heterocycles. The van der Waals surface area contributed by atoms with Crippen LogP contribution in [0.25, 0.3) is 0 Å². The van der Waals surface area contributed by atoms with E-state index in [1.807, 2.05) is 0 Å². The van der Waals surface area contributed by atoms with Gasteiger partial charge in [0.15, 0.2) is 17.5 Å². The number of rotatable bonds is 6. The van der Waals surface area contributed by atoms with Crippen molar-refractivity contribution in [2.75, 3.05) is 12.3 Å². The zero-order chi connectivity index (χ0) is 19.4. The molecule has 1 atom stereocenters. The molecule has 10 heteroatoms. The topological polar surface area (TPSA) is 72.5 Å². The monoisotopic (exact) mass is 401 g/mol. The fourth-order valence-corrected chi connectivity index (χ4v) is 3.41. The molecule has 0 heterocycles. The zero-order valence-corrected chi connectivity index (χ0v) is 15.5. The lowest BCUT2D eigenvalue weighted by atomic mass is 10.0. The Morgan fingerprint density at radius 1 is 1.24 bits per heavy atom. The molecule has 25 heavy (non-hydrogen) atoms. The van der Waals surface area contributed by atoms with Gasteiger partial charge in [0.1, 0.15) is 5.60 Å². The quantitative estimate of drug-likeness (QED) is 0.586. The molecule has 1 rings (SSSR count). The standard InChI is InChI=1S/C15H19ClF3NO4S/c1-15(2,3)24-14(21)20-7-10(8-25(16,22)23)4-9-5-11(17)13(19)12(18)6-9/h5-6,10H,4,7-8H2,1-3H3,(H,20,21). The van der Waals surface area contributed by atoms with E-state index < -0.39 is 49.9 Å². The summed E-state index contributed by atoms with van der Waals surface area (Å²) in [5.74, 6) is -5.73. The third kappa shape index (κ3) is 8.44. The van der Waals surface area contributed by atoms with Gasteiger partial charge in [-0.05, 0) is 50.8 Å². The number of alkyl carbamates (subject to hydrolysis) is 1. The van der Waals surface area contributed by atoms with Crippen molar-refractivity contribution in [1.82, 2.24) is 5.32 Å². The van der Waals surface area contributed by atoms with Crippen molar-refractivity contribution in [1.29, 1.82) is 0 Å². The summed E-state index contributed by atoms with van der Waals surface area (Å²) in [4.78, 5) is 11.6. The van der Waals surface area contributed by atoms with Crippen LogP contribution in [0.2, 0.25) is 0 Å². The molecule has 1 aromatic carbocycles. The average Bonchev–Trinajstić information content (AvgIpc) is 2.38. The van der Waals surface area contributed by atoms with Crippen LogP contribution in [-0.2, 0) is 20.2 Å². The smallest absolute Gasteiger partial charge is 0.407 e. The molecular weight excluding hydrogens is 383 g/mol. The van der Waals surface area contributed by atoms with E-state index in [-0.39, 0.29) is 18.5 Å². The molecule has 0 fully saturated rings. The van der Waals surface area contributed by atoms with Crippen LogP contribution in [0.5, 0.6) is 0 Å². The van der Waals surface area contributed by atoms with Gasteiger partial charge in [0.25, 0.3) is 0 Å². The third-order valence-electron chi connectivity index (χ3n) is 2.94. The van der Waals surface area contributed by atoms with Gasteiger partial charge in [0, 0.05) is 17.2 Å². The second-order valence-electron chi connectivity index (χ2n) is 6.53. The Morgan fingerprint density at radius 3 is 2.20 bits per heavy atom. The van der Waals surface area contributed by atoms with Crippen LogP contribution in [0.15, 0.2) is 12.1 Å². The highest BCUT2D eigenvalue weighted by molar-refractivity contribution is 8.13. The minimum atomic E-state index is -3.94. The summed E-state index contributed by atoms with van der Waals surface area (Å²) in [6.45, 7) is 4.79. The molecule has 1 amide bonds. The van der Waals surface area contributed by atoms with Gasteiger partial charge in [-0.1, -0.05) is 0 Å². The molecule has 0 aliphatic carbocycles. The Bertz CT molecular complexity index is 712. The van der Waals surface area contributed by atoms with Gasteiger partial charge in [-0.25, -0.2) is 26.4 Å². The maximum Gasteiger partial charge on any atom is 0.407 e. The number of carbonyl (C=O) groups is 1. The number of nitrogens with one attached hydrogen (secondary N) is 1. The van der Waals surface area contributed by atoms with Crippen LogP contribution in [-0.4, -0.2) is 32.4 Å². The van der Waals surface area contributed by atoms with Crippen molar-refractivity contribution >= 4 is 25.8 Å². The van der Waals surface area contributed by atoms with Crippen LogP contribution < -0.4 is 5.32 Å². The average molecular weight is 402 g/mol. The van der Waals surface area contributed by atoms with Crippen LogP contribution >= 0.6 is 10.7 Å². The fourth-order valence-electron chi connectivity index (χ4n) is 2.07. The molecule has 0 saturated carbocycles. The predicted octanol–water partition coefficient (Wildman–Crippen LogP) is 3.36. The first-order valence-corrected chi connectivity index (χ1v) is 9.77. The molecule has 0 aliphatic heterocycles. The minimum Gasteiger partial charge on any atom is -0.444 e. The van der Waals surface area contributed by atoms with E-state index in [4.69, 9.17) is 15.4 Å². The summed E-state index contributed by atoms with van der Waals surface area (Å²) in [5.41, 5.74) is -0.714. The number of halogens is 4. The summed E-state index contributed by atoms with van der Waals surface area (Å²) in [5, 5.41) is 2.38. The number of benzene rings is 1. The van der Waals surface area contributed by atoms with Gasteiger partial charge in [-0.15, -0.1) is 0 Å². The summed E-state index contributed by atoms with van der Waals surface area (Å²) < 4.78 is 67.2. The second kappa shape index (κ2) is 8.27.